The number of halogens is 1. The van der Waals surface area contributed by atoms with Crippen molar-refractivity contribution >= 4 is 45.9 Å². The quantitative estimate of drug-likeness (QED) is 0.389. The van der Waals surface area contributed by atoms with Gasteiger partial charge in [-0.3, -0.25) is 5.10 Å². The zero-order chi connectivity index (χ0) is 19.5. The molecule has 8 nitrogen and oxygen atoms in total. The summed E-state index contributed by atoms with van der Waals surface area (Å²) in [5.74, 6) is 0.164. The zero-order valence-electron chi connectivity index (χ0n) is 14.5. The van der Waals surface area contributed by atoms with Gasteiger partial charge in [0.25, 0.3) is 0 Å². The Morgan fingerprint density at radius 3 is 2.79 bits per heavy atom. The number of nitrogens with zero attached hydrogens (tertiary/aromatic N) is 3. The first kappa shape index (κ1) is 17.7. The van der Waals surface area contributed by atoms with E-state index >= 15 is 0 Å². The highest BCUT2D eigenvalue weighted by Crippen LogP contribution is 2.28. The number of aromatic nitrogens is 4. The minimum absolute atomic E-state index is 0.234. The molecular formula is C19H15ClN6O2. The van der Waals surface area contributed by atoms with E-state index in [9.17, 15) is 4.79 Å². The first-order chi connectivity index (χ1) is 13.6. The number of hydrogen-bond donors (Lipinski definition) is 4. The van der Waals surface area contributed by atoms with Crippen molar-refractivity contribution < 1.29 is 9.90 Å². The summed E-state index contributed by atoms with van der Waals surface area (Å²) in [6.45, 7) is 0.395. The summed E-state index contributed by atoms with van der Waals surface area (Å²) >= 11 is 6.05. The molecule has 2 aromatic heterocycles. The van der Waals surface area contributed by atoms with E-state index in [2.05, 4.69) is 30.8 Å². The standard InChI is InChI=1S/C19H15ClN6O2/c20-13-5-2-6-14(8-13)24-16-15-17(25-26-18(15)23-10-22-16)21-9-11-3-1-4-12(7-11)19(27)28/h1-8,10H,9H2,(H,27,28)(H3,21,22,23,24,25,26). The summed E-state index contributed by atoms with van der Waals surface area (Å²) in [4.78, 5) is 19.6. The van der Waals surface area contributed by atoms with Crippen molar-refractivity contribution in [3.63, 3.8) is 0 Å². The van der Waals surface area contributed by atoms with Crippen LogP contribution in [-0.2, 0) is 6.54 Å². The molecule has 0 atom stereocenters. The van der Waals surface area contributed by atoms with Crippen LogP contribution in [0.2, 0.25) is 5.02 Å². The van der Waals surface area contributed by atoms with Crippen LogP contribution in [0.4, 0.5) is 17.3 Å². The average Bonchev–Trinajstić information content (AvgIpc) is 3.11. The molecule has 0 spiro atoms. The van der Waals surface area contributed by atoms with Gasteiger partial charge in [0.1, 0.15) is 17.5 Å². The van der Waals surface area contributed by atoms with Gasteiger partial charge in [-0.2, -0.15) is 5.10 Å². The lowest BCUT2D eigenvalue weighted by Gasteiger charge is -2.09. The van der Waals surface area contributed by atoms with Crippen LogP contribution in [0.1, 0.15) is 15.9 Å². The van der Waals surface area contributed by atoms with Gasteiger partial charge in [0.2, 0.25) is 0 Å². The number of fused-ring (bicyclic) bond motifs is 1. The lowest BCUT2D eigenvalue weighted by Crippen LogP contribution is -2.03. The number of nitrogens with one attached hydrogen (secondary N) is 3. The fourth-order valence-electron chi connectivity index (χ4n) is 2.79. The second-order valence-electron chi connectivity index (χ2n) is 6.01. The summed E-state index contributed by atoms with van der Waals surface area (Å²) in [5.41, 5.74) is 2.41. The Morgan fingerprint density at radius 1 is 1.11 bits per heavy atom. The molecule has 0 unspecified atom stereocenters. The molecule has 0 saturated heterocycles. The predicted octanol–water partition coefficient (Wildman–Crippen LogP) is 4.06. The van der Waals surface area contributed by atoms with Gasteiger partial charge in [-0.1, -0.05) is 29.8 Å². The number of hydrogen-bond acceptors (Lipinski definition) is 6. The molecule has 0 bridgehead atoms. The Balaban J connectivity index is 1.61. The number of rotatable bonds is 6. The highest BCUT2D eigenvalue weighted by molar-refractivity contribution is 6.30. The van der Waals surface area contributed by atoms with Gasteiger partial charge in [-0.15, -0.1) is 0 Å². The molecule has 0 aliphatic heterocycles. The van der Waals surface area contributed by atoms with Gasteiger partial charge in [0.15, 0.2) is 11.5 Å². The van der Waals surface area contributed by atoms with Gasteiger partial charge in [-0.05, 0) is 35.9 Å². The number of carboxylic acid groups (broad SMARTS) is 1. The van der Waals surface area contributed by atoms with E-state index in [1.54, 1.807) is 30.3 Å². The Morgan fingerprint density at radius 2 is 1.96 bits per heavy atom. The lowest BCUT2D eigenvalue weighted by molar-refractivity contribution is 0.0696. The second kappa shape index (κ2) is 7.53. The van der Waals surface area contributed by atoms with Crippen molar-refractivity contribution in [2.75, 3.05) is 10.6 Å². The van der Waals surface area contributed by atoms with Gasteiger partial charge < -0.3 is 15.7 Å². The predicted molar refractivity (Wildman–Crippen MR) is 107 cm³/mol. The van der Waals surface area contributed by atoms with E-state index in [0.717, 1.165) is 11.3 Å². The molecule has 4 aromatic rings. The highest BCUT2D eigenvalue weighted by atomic mass is 35.5. The maximum atomic E-state index is 11.1. The normalized spacial score (nSPS) is 10.8. The van der Waals surface area contributed by atoms with Crippen LogP contribution in [0.25, 0.3) is 11.0 Å². The Kier molecular flexibility index (Phi) is 4.77. The molecule has 0 saturated carbocycles. The monoisotopic (exact) mass is 394 g/mol. The summed E-state index contributed by atoms with van der Waals surface area (Å²) < 4.78 is 0. The molecule has 0 aliphatic carbocycles. The Labute approximate surface area is 164 Å². The zero-order valence-corrected chi connectivity index (χ0v) is 15.2. The van der Waals surface area contributed by atoms with Crippen molar-refractivity contribution in [3.05, 3.63) is 71.0 Å². The van der Waals surface area contributed by atoms with Crippen LogP contribution in [0, 0.1) is 0 Å². The van der Waals surface area contributed by atoms with Crippen molar-refractivity contribution in [2.45, 2.75) is 6.54 Å². The number of carbonyl (C=O) groups is 1. The number of anilines is 3. The van der Waals surface area contributed by atoms with Crippen LogP contribution >= 0.6 is 11.6 Å². The first-order valence-electron chi connectivity index (χ1n) is 8.38. The summed E-state index contributed by atoms with van der Waals surface area (Å²) in [5, 5.41) is 24.0. The molecule has 140 valence electrons. The number of aromatic amines is 1. The first-order valence-corrected chi connectivity index (χ1v) is 8.76. The molecule has 0 amide bonds. The van der Waals surface area contributed by atoms with E-state index in [1.165, 1.54) is 6.33 Å². The summed E-state index contributed by atoms with van der Waals surface area (Å²) in [7, 11) is 0. The van der Waals surface area contributed by atoms with Gasteiger partial charge in [-0.25, -0.2) is 14.8 Å². The third-order valence-electron chi connectivity index (χ3n) is 4.08. The summed E-state index contributed by atoms with van der Waals surface area (Å²) in [6, 6.07) is 14.0. The summed E-state index contributed by atoms with van der Waals surface area (Å²) in [6.07, 6.45) is 1.44. The van der Waals surface area contributed by atoms with Gasteiger partial charge in [0, 0.05) is 17.3 Å². The van der Waals surface area contributed by atoms with Crippen LogP contribution in [-0.4, -0.2) is 31.2 Å². The van der Waals surface area contributed by atoms with E-state index in [1.807, 2.05) is 18.2 Å². The maximum Gasteiger partial charge on any atom is 0.335 e. The molecule has 0 aliphatic rings. The molecule has 9 heteroatoms. The molecule has 0 radical (unpaired) electrons. The van der Waals surface area contributed by atoms with Crippen LogP contribution in [0.3, 0.4) is 0 Å². The molecule has 2 aromatic carbocycles. The Bertz CT molecular complexity index is 1160. The number of aromatic carboxylic acids is 1. The number of H-pyrrole nitrogens is 1. The van der Waals surface area contributed by atoms with Crippen LogP contribution in [0.5, 0.6) is 0 Å². The van der Waals surface area contributed by atoms with Crippen LogP contribution in [0.15, 0.2) is 54.9 Å². The smallest absolute Gasteiger partial charge is 0.335 e. The fraction of sp³-hybridized carbons (Fsp3) is 0.0526. The molecule has 0 fully saturated rings. The SMILES string of the molecule is O=C(O)c1cccc(CNc2n[nH]c3ncnc(Nc4cccc(Cl)c4)c23)c1. The van der Waals surface area contributed by atoms with E-state index in [0.29, 0.717) is 34.2 Å². The van der Waals surface area contributed by atoms with Gasteiger partial charge in [0.05, 0.1) is 5.56 Å². The van der Waals surface area contributed by atoms with Crippen molar-refractivity contribution in [1.29, 1.82) is 0 Å². The maximum absolute atomic E-state index is 11.1. The molecule has 4 rings (SSSR count). The fourth-order valence-corrected chi connectivity index (χ4v) is 2.98. The number of benzene rings is 2. The minimum atomic E-state index is -0.964. The Hall–Kier alpha value is -3.65. The topological polar surface area (TPSA) is 116 Å². The number of carboxylic acids is 1. The largest absolute Gasteiger partial charge is 0.478 e. The average molecular weight is 395 g/mol. The van der Waals surface area contributed by atoms with E-state index in [-0.39, 0.29) is 5.56 Å². The molecule has 4 N–H and O–H groups in total. The van der Waals surface area contributed by atoms with Gasteiger partial charge >= 0.3 is 5.97 Å². The molecular weight excluding hydrogens is 380 g/mol. The lowest BCUT2D eigenvalue weighted by atomic mass is 10.1. The van der Waals surface area contributed by atoms with Crippen molar-refractivity contribution in [1.82, 2.24) is 20.2 Å². The van der Waals surface area contributed by atoms with Crippen molar-refractivity contribution in [2.24, 2.45) is 0 Å². The third-order valence-corrected chi connectivity index (χ3v) is 4.31. The molecule has 2 heterocycles. The second-order valence-corrected chi connectivity index (χ2v) is 6.45. The van der Waals surface area contributed by atoms with E-state index < -0.39 is 5.97 Å². The minimum Gasteiger partial charge on any atom is -0.478 e. The van der Waals surface area contributed by atoms with E-state index in [4.69, 9.17) is 16.7 Å². The highest BCUT2D eigenvalue weighted by Gasteiger charge is 2.13. The van der Waals surface area contributed by atoms with Crippen LogP contribution < -0.4 is 10.6 Å². The third kappa shape index (κ3) is 3.72. The van der Waals surface area contributed by atoms with Crippen molar-refractivity contribution in [3.8, 4) is 0 Å². The molecule has 28 heavy (non-hydrogen) atoms.